The average molecular weight is 262 g/mol. The van der Waals surface area contributed by atoms with Crippen LogP contribution in [0.15, 0.2) is 41.1 Å². The summed E-state index contributed by atoms with van der Waals surface area (Å²) in [7, 11) is 0. The molecule has 2 aromatic rings. The molecule has 1 N–H and O–H groups in total. The van der Waals surface area contributed by atoms with Gasteiger partial charge in [0.25, 0.3) is 0 Å². The molecule has 19 heavy (non-hydrogen) atoms. The zero-order chi connectivity index (χ0) is 13.5. The van der Waals surface area contributed by atoms with Gasteiger partial charge in [0.15, 0.2) is 0 Å². The lowest BCUT2D eigenvalue weighted by atomic mass is 10.0. The molecular weight excluding hydrogens is 243 g/mol. The van der Waals surface area contributed by atoms with Crippen molar-refractivity contribution >= 4 is 0 Å². The highest BCUT2D eigenvalue weighted by molar-refractivity contribution is 5.20. The molecule has 1 heterocycles. The molecule has 0 saturated carbocycles. The Labute approximate surface area is 112 Å². The number of hydrogen-bond acceptors (Lipinski definition) is 3. The van der Waals surface area contributed by atoms with Gasteiger partial charge in [-0.15, -0.1) is 0 Å². The Hall–Kier alpha value is -1.68. The maximum atomic E-state index is 13.0. The number of aromatic nitrogens is 1. The van der Waals surface area contributed by atoms with E-state index in [-0.39, 0.29) is 11.9 Å². The summed E-state index contributed by atoms with van der Waals surface area (Å²) in [6, 6.07) is 8.75. The molecule has 0 fully saturated rings. The number of nitrogens with one attached hydrogen (secondary N) is 1. The van der Waals surface area contributed by atoms with E-state index in [0.29, 0.717) is 6.54 Å². The average Bonchev–Trinajstić information content (AvgIpc) is 2.93. The predicted molar refractivity (Wildman–Crippen MR) is 72.0 cm³/mol. The Morgan fingerprint density at radius 3 is 2.68 bits per heavy atom. The predicted octanol–water partition coefficient (Wildman–Crippen LogP) is 3.83. The minimum absolute atomic E-state index is 0.200. The highest BCUT2D eigenvalue weighted by Gasteiger charge is 2.11. The highest BCUT2D eigenvalue weighted by Crippen LogP contribution is 2.20. The number of benzene rings is 1. The molecule has 1 aromatic carbocycles. The third-order valence-corrected chi connectivity index (χ3v) is 3.14. The summed E-state index contributed by atoms with van der Waals surface area (Å²) in [4.78, 5) is 0. The van der Waals surface area contributed by atoms with E-state index in [2.05, 4.69) is 17.4 Å². The number of hydrogen-bond donors (Lipinski definition) is 1. The number of halogens is 1. The van der Waals surface area contributed by atoms with Gasteiger partial charge in [-0.1, -0.05) is 37.1 Å². The fourth-order valence-electron chi connectivity index (χ4n) is 2.05. The smallest absolute Gasteiger partial charge is 0.124 e. The highest BCUT2D eigenvalue weighted by atomic mass is 19.1. The zero-order valence-electron chi connectivity index (χ0n) is 11.1. The lowest BCUT2D eigenvalue weighted by Crippen LogP contribution is -2.21. The van der Waals surface area contributed by atoms with Crippen LogP contribution in [0.25, 0.3) is 0 Å². The van der Waals surface area contributed by atoms with Crippen LogP contribution < -0.4 is 5.32 Å². The standard InChI is InChI=1S/C15H19FN2O/c1-2-3-4-15(12-5-7-13(16)8-6-12)17-11-14-9-10-19-18-14/h5-10,15,17H,2-4,11H2,1H3. The van der Waals surface area contributed by atoms with E-state index in [9.17, 15) is 4.39 Å². The van der Waals surface area contributed by atoms with Crippen molar-refractivity contribution in [3.63, 3.8) is 0 Å². The first-order valence-electron chi connectivity index (χ1n) is 6.67. The molecule has 0 radical (unpaired) electrons. The minimum atomic E-state index is -0.200. The molecule has 4 heteroatoms. The largest absolute Gasteiger partial charge is 0.364 e. The first-order valence-corrected chi connectivity index (χ1v) is 6.67. The van der Waals surface area contributed by atoms with E-state index >= 15 is 0 Å². The third kappa shape index (κ3) is 4.17. The third-order valence-electron chi connectivity index (χ3n) is 3.14. The van der Waals surface area contributed by atoms with Crippen LogP contribution in [0.1, 0.15) is 43.5 Å². The van der Waals surface area contributed by atoms with Crippen molar-refractivity contribution in [1.82, 2.24) is 10.5 Å². The van der Waals surface area contributed by atoms with Gasteiger partial charge in [-0.3, -0.25) is 0 Å². The first kappa shape index (κ1) is 13.7. The van der Waals surface area contributed by atoms with E-state index in [1.807, 2.05) is 18.2 Å². The van der Waals surface area contributed by atoms with Crippen LogP contribution in [0.4, 0.5) is 4.39 Å². The summed E-state index contributed by atoms with van der Waals surface area (Å²) in [5.74, 6) is -0.200. The minimum Gasteiger partial charge on any atom is -0.364 e. The van der Waals surface area contributed by atoms with Gasteiger partial charge in [0, 0.05) is 18.7 Å². The molecule has 0 amide bonds. The van der Waals surface area contributed by atoms with Crippen molar-refractivity contribution in [3.05, 3.63) is 53.7 Å². The summed E-state index contributed by atoms with van der Waals surface area (Å²) in [6.07, 6.45) is 4.87. The zero-order valence-corrected chi connectivity index (χ0v) is 11.1. The molecule has 102 valence electrons. The van der Waals surface area contributed by atoms with E-state index in [0.717, 1.165) is 30.5 Å². The van der Waals surface area contributed by atoms with Gasteiger partial charge in [0.05, 0.1) is 5.69 Å². The number of nitrogens with zero attached hydrogens (tertiary/aromatic N) is 1. The molecule has 1 aromatic heterocycles. The van der Waals surface area contributed by atoms with Crippen LogP contribution in [0.3, 0.4) is 0 Å². The van der Waals surface area contributed by atoms with Gasteiger partial charge in [-0.2, -0.15) is 0 Å². The van der Waals surface area contributed by atoms with E-state index in [1.54, 1.807) is 6.26 Å². The molecular formula is C15H19FN2O. The van der Waals surface area contributed by atoms with E-state index in [1.165, 1.54) is 12.1 Å². The van der Waals surface area contributed by atoms with Crippen molar-refractivity contribution in [1.29, 1.82) is 0 Å². The van der Waals surface area contributed by atoms with Crippen LogP contribution in [0.2, 0.25) is 0 Å². The summed E-state index contributed by atoms with van der Waals surface area (Å²) in [5.41, 5.74) is 1.99. The van der Waals surface area contributed by atoms with Gasteiger partial charge < -0.3 is 9.84 Å². The van der Waals surface area contributed by atoms with Crippen LogP contribution in [-0.2, 0) is 6.54 Å². The monoisotopic (exact) mass is 262 g/mol. The van der Waals surface area contributed by atoms with Crippen LogP contribution >= 0.6 is 0 Å². The number of unbranched alkanes of at least 4 members (excludes halogenated alkanes) is 1. The van der Waals surface area contributed by atoms with Crippen molar-refractivity contribution in [2.75, 3.05) is 0 Å². The second kappa shape index (κ2) is 7.04. The van der Waals surface area contributed by atoms with Crippen molar-refractivity contribution in [2.45, 2.75) is 38.8 Å². The van der Waals surface area contributed by atoms with E-state index in [4.69, 9.17) is 4.52 Å². The summed E-state index contributed by atoms with van der Waals surface area (Å²) >= 11 is 0. The first-order chi connectivity index (χ1) is 9.29. The Kier molecular flexibility index (Phi) is 5.10. The lowest BCUT2D eigenvalue weighted by molar-refractivity contribution is 0.401. The van der Waals surface area contributed by atoms with Gasteiger partial charge >= 0.3 is 0 Å². The van der Waals surface area contributed by atoms with E-state index < -0.39 is 0 Å². The Balaban J connectivity index is 2.00. The molecule has 0 aliphatic carbocycles. The normalized spacial score (nSPS) is 12.5. The molecule has 2 rings (SSSR count). The topological polar surface area (TPSA) is 38.1 Å². The molecule has 0 spiro atoms. The fourth-order valence-corrected chi connectivity index (χ4v) is 2.05. The molecule has 3 nitrogen and oxygen atoms in total. The summed E-state index contributed by atoms with van der Waals surface area (Å²) < 4.78 is 17.8. The van der Waals surface area contributed by atoms with Crippen molar-refractivity contribution < 1.29 is 8.91 Å². The maximum Gasteiger partial charge on any atom is 0.124 e. The quantitative estimate of drug-likeness (QED) is 0.824. The van der Waals surface area contributed by atoms with Crippen LogP contribution in [0.5, 0.6) is 0 Å². The molecule has 0 saturated heterocycles. The summed E-state index contributed by atoms with van der Waals surface area (Å²) in [6.45, 7) is 2.82. The number of rotatable bonds is 7. The van der Waals surface area contributed by atoms with Crippen molar-refractivity contribution in [3.8, 4) is 0 Å². The van der Waals surface area contributed by atoms with Gasteiger partial charge in [0.1, 0.15) is 12.1 Å². The molecule has 0 aliphatic heterocycles. The Bertz CT molecular complexity index is 467. The SMILES string of the molecule is CCCCC(NCc1ccon1)c1ccc(F)cc1. The van der Waals surface area contributed by atoms with Crippen LogP contribution in [-0.4, -0.2) is 5.16 Å². The van der Waals surface area contributed by atoms with Crippen LogP contribution in [0, 0.1) is 5.82 Å². The fraction of sp³-hybridized carbons (Fsp3) is 0.400. The summed E-state index contributed by atoms with van der Waals surface area (Å²) in [5, 5.41) is 7.33. The second-order valence-corrected chi connectivity index (χ2v) is 4.62. The molecule has 0 bridgehead atoms. The molecule has 1 atom stereocenters. The molecule has 1 unspecified atom stereocenters. The Morgan fingerprint density at radius 1 is 1.26 bits per heavy atom. The van der Waals surface area contributed by atoms with Gasteiger partial charge in [-0.25, -0.2) is 4.39 Å². The lowest BCUT2D eigenvalue weighted by Gasteiger charge is -2.18. The second-order valence-electron chi connectivity index (χ2n) is 4.62. The molecule has 0 aliphatic rings. The Morgan fingerprint density at radius 2 is 2.05 bits per heavy atom. The van der Waals surface area contributed by atoms with Gasteiger partial charge in [0.2, 0.25) is 0 Å². The maximum absolute atomic E-state index is 13.0. The van der Waals surface area contributed by atoms with Gasteiger partial charge in [-0.05, 0) is 24.1 Å². The van der Waals surface area contributed by atoms with Crippen molar-refractivity contribution in [2.24, 2.45) is 0 Å².